The molecule has 7 nitrogen and oxygen atoms in total. The van der Waals surface area contributed by atoms with Crippen LogP contribution in [-0.2, 0) is 6.61 Å². The first-order valence-electron chi connectivity index (χ1n) is 15.0. The van der Waals surface area contributed by atoms with E-state index in [2.05, 4.69) is 42.5 Å². The van der Waals surface area contributed by atoms with E-state index in [1.165, 1.54) is 4.68 Å². The molecule has 0 N–H and O–H groups in total. The zero-order chi connectivity index (χ0) is 33.0. The summed E-state index contributed by atoms with van der Waals surface area (Å²) in [5.74, 6) is 2.63. The quantitative estimate of drug-likeness (QED) is 0.0989. The highest BCUT2D eigenvalue weighted by Gasteiger charge is 2.19. The van der Waals surface area contributed by atoms with Crippen molar-refractivity contribution in [2.45, 2.75) is 47.1 Å². The molecule has 0 amide bonds. The van der Waals surface area contributed by atoms with Crippen molar-refractivity contribution in [2.24, 2.45) is 5.10 Å². The van der Waals surface area contributed by atoms with Crippen LogP contribution in [0.3, 0.4) is 0 Å². The minimum absolute atomic E-state index is 0.196. The lowest BCUT2D eigenvalue weighted by Gasteiger charge is -2.18. The average molecular weight is 770 g/mol. The van der Waals surface area contributed by atoms with Crippen molar-refractivity contribution in [1.82, 2.24) is 9.66 Å². The molecule has 0 unspecified atom stereocenters. The fraction of sp³-hybridized carbons (Fsp3) is 0.250. The molecular formula is C36H34Cl2IN3O4. The van der Waals surface area contributed by atoms with Gasteiger partial charge in [-0.25, -0.2) is 4.98 Å². The molecule has 10 heteroatoms. The maximum Gasteiger partial charge on any atom is 0.282 e. The van der Waals surface area contributed by atoms with E-state index in [0.717, 1.165) is 37.1 Å². The lowest BCUT2D eigenvalue weighted by atomic mass is 9.96. The molecule has 46 heavy (non-hydrogen) atoms. The number of benzene rings is 4. The molecule has 0 bridgehead atoms. The van der Waals surface area contributed by atoms with E-state index >= 15 is 0 Å². The van der Waals surface area contributed by atoms with E-state index in [0.29, 0.717) is 51.5 Å². The first kappa shape index (κ1) is 33.8. The van der Waals surface area contributed by atoms with E-state index in [9.17, 15) is 4.79 Å². The maximum absolute atomic E-state index is 13.9. The van der Waals surface area contributed by atoms with Gasteiger partial charge >= 0.3 is 0 Å². The van der Waals surface area contributed by atoms with Crippen molar-refractivity contribution in [1.29, 1.82) is 0 Å². The predicted octanol–water partition coefficient (Wildman–Crippen LogP) is 9.67. The third kappa shape index (κ3) is 7.35. The van der Waals surface area contributed by atoms with Gasteiger partial charge in [-0.15, -0.1) is 0 Å². The normalized spacial score (nSPS) is 11.5. The van der Waals surface area contributed by atoms with Gasteiger partial charge in [-0.3, -0.25) is 4.79 Å². The molecule has 0 radical (unpaired) electrons. The minimum Gasteiger partial charge on any atom is -0.494 e. The second-order valence-electron chi connectivity index (χ2n) is 10.9. The Kier molecular flexibility index (Phi) is 10.9. The summed E-state index contributed by atoms with van der Waals surface area (Å²) in [6, 6.07) is 20.5. The Balaban J connectivity index is 1.58. The Morgan fingerprint density at radius 2 is 1.67 bits per heavy atom. The van der Waals surface area contributed by atoms with Crippen LogP contribution in [0.25, 0.3) is 22.3 Å². The molecule has 5 aromatic rings. The Morgan fingerprint density at radius 3 is 2.39 bits per heavy atom. The maximum atomic E-state index is 13.9. The van der Waals surface area contributed by atoms with Gasteiger partial charge in [-0.2, -0.15) is 9.78 Å². The Hall–Kier alpha value is -3.60. The number of fused-ring (bicyclic) bond motifs is 1. The highest BCUT2D eigenvalue weighted by Crippen LogP contribution is 2.36. The lowest BCUT2D eigenvalue weighted by Crippen LogP contribution is -2.21. The Bertz CT molecular complexity index is 1990. The third-order valence-electron chi connectivity index (χ3n) is 7.29. The second-order valence-corrected chi connectivity index (χ2v) is 12.9. The third-order valence-corrected chi connectivity index (χ3v) is 8.83. The van der Waals surface area contributed by atoms with E-state index in [4.69, 9.17) is 47.5 Å². The van der Waals surface area contributed by atoms with Gasteiger partial charge in [-0.05, 0) is 120 Å². The molecule has 0 spiro atoms. The van der Waals surface area contributed by atoms with Crippen molar-refractivity contribution in [3.8, 4) is 28.6 Å². The molecule has 238 valence electrons. The van der Waals surface area contributed by atoms with Crippen LogP contribution >= 0.6 is 45.8 Å². The molecule has 4 aromatic carbocycles. The molecule has 0 aliphatic rings. The van der Waals surface area contributed by atoms with Gasteiger partial charge in [0.2, 0.25) is 0 Å². The highest BCUT2D eigenvalue weighted by molar-refractivity contribution is 14.1. The number of hydrogen-bond donors (Lipinski definition) is 0. The van der Waals surface area contributed by atoms with Crippen LogP contribution in [0.2, 0.25) is 10.0 Å². The Labute approximate surface area is 292 Å². The fourth-order valence-electron chi connectivity index (χ4n) is 5.05. The van der Waals surface area contributed by atoms with Crippen molar-refractivity contribution in [2.75, 3.05) is 13.2 Å². The lowest BCUT2D eigenvalue weighted by molar-refractivity contribution is 0.267. The van der Waals surface area contributed by atoms with Crippen LogP contribution in [0.1, 0.15) is 55.9 Å². The molecule has 0 saturated carbocycles. The summed E-state index contributed by atoms with van der Waals surface area (Å²) < 4.78 is 20.3. The van der Waals surface area contributed by atoms with Crippen molar-refractivity contribution in [3.05, 3.63) is 113 Å². The molecule has 5 rings (SSSR count). The van der Waals surface area contributed by atoms with Crippen LogP contribution < -0.4 is 19.8 Å². The van der Waals surface area contributed by atoms with Gasteiger partial charge in [0, 0.05) is 5.56 Å². The fourth-order valence-corrected chi connectivity index (χ4v) is 6.15. The van der Waals surface area contributed by atoms with Crippen molar-refractivity contribution >= 4 is 62.9 Å². The molecule has 0 aliphatic heterocycles. The zero-order valence-corrected chi connectivity index (χ0v) is 29.9. The SMILES string of the molecule is CCOc1cc(C)c(-c2nc3ccccc3c(=O)n2N=Cc2cc(I)c(OCc3ccc(Cl)c(Cl)c3)c(OCC)c2)cc1C(C)C. The summed E-state index contributed by atoms with van der Waals surface area (Å²) in [6.07, 6.45) is 1.64. The van der Waals surface area contributed by atoms with Crippen LogP contribution in [0, 0.1) is 10.5 Å². The van der Waals surface area contributed by atoms with Crippen LogP contribution in [0.5, 0.6) is 17.2 Å². The van der Waals surface area contributed by atoms with E-state index in [-0.39, 0.29) is 18.1 Å². The van der Waals surface area contributed by atoms with Crippen molar-refractivity contribution in [3.63, 3.8) is 0 Å². The molecule has 0 aliphatic carbocycles. The molecule has 0 fully saturated rings. The van der Waals surface area contributed by atoms with Gasteiger partial charge in [0.15, 0.2) is 17.3 Å². The number of aromatic nitrogens is 2. The zero-order valence-electron chi connectivity index (χ0n) is 26.2. The summed E-state index contributed by atoms with van der Waals surface area (Å²) in [5.41, 5.74) is 4.71. The average Bonchev–Trinajstić information content (AvgIpc) is 3.02. The summed E-state index contributed by atoms with van der Waals surface area (Å²) in [7, 11) is 0. The van der Waals surface area contributed by atoms with Crippen LogP contribution in [-0.4, -0.2) is 29.1 Å². The minimum atomic E-state index is -0.266. The van der Waals surface area contributed by atoms with Gasteiger partial charge in [0.25, 0.3) is 5.56 Å². The predicted molar refractivity (Wildman–Crippen MR) is 196 cm³/mol. The van der Waals surface area contributed by atoms with E-state index in [1.807, 2.05) is 63.2 Å². The number of rotatable bonds is 11. The monoisotopic (exact) mass is 769 g/mol. The van der Waals surface area contributed by atoms with Crippen LogP contribution in [0.15, 0.2) is 76.6 Å². The molecule has 1 aromatic heterocycles. The van der Waals surface area contributed by atoms with Gasteiger partial charge in [0.1, 0.15) is 12.4 Å². The van der Waals surface area contributed by atoms with Crippen LogP contribution in [0.4, 0.5) is 0 Å². The first-order valence-corrected chi connectivity index (χ1v) is 16.8. The highest BCUT2D eigenvalue weighted by atomic mass is 127. The Morgan fingerprint density at radius 1 is 0.935 bits per heavy atom. The van der Waals surface area contributed by atoms with Gasteiger partial charge in [-0.1, -0.05) is 55.2 Å². The topological polar surface area (TPSA) is 74.9 Å². The molecular weight excluding hydrogens is 736 g/mol. The standard InChI is InChI=1S/C36H34Cl2IN3O4/c1-6-44-32-14-22(5)27(18-26(32)21(3)4)35-41-31-11-9-8-10-25(31)36(43)42(35)40-19-24-16-30(39)34(33(17-24)45-7-2)46-20-23-12-13-28(37)29(38)15-23/h8-19,21H,6-7,20H2,1-5H3. The summed E-state index contributed by atoms with van der Waals surface area (Å²) in [6.45, 7) is 11.4. The van der Waals surface area contributed by atoms with Gasteiger partial charge in [0.05, 0.1) is 43.9 Å². The number of aryl methyl sites for hydroxylation is 1. The smallest absolute Gasteiger partial charge is 0.282 e. The number of hydrogen-bond acceptors (Lipinski definition) is 6. The van der Waals surface area contributed by atoms with E-state index < -0.39 is 0 Å². The molecule has 0 saturated heterocycles. The number of para-hydroxylation sites is 1. The first-order chi connectivity index (χ1) is 22.1. The summed E-state index contributed by atoms with van der Waals surface area (Å²) in [4.78, 5) is 18.9. The summed E-state index contributed by atoms with van der Waals surface area (Å²) in [5, 5.41) is 6.15. The largest absolute Gasteiger partial charge is 0.494 e. The van der Waals surface area contributed by atoms with Crippen molar-refractivity contribution < 1.29 is 14.2 Å². The number of nitrogens with zero attached hydrogens (tertiary/aromatic N) is 3. The van der Waals surface area contributed by atoms with Gasteiger partial charge < -0.3 is 14.2 Å². The second kappa shape index (κ2) is 14.9. The summed E-state index contributed by atoms with van der Waals surface area (Å²) >= 11 is 14.5. The number of ether oxygens (including phenoxy) is 3. The van der Waals surface area contributed by atoms with E-state index in [1.54, 1.807) is 24.4 Å². The number of halogens is 3. The molecule has 0 atom stereocenters. The molecule has 1 heterocycles.